The first-order valence-corrected chi connectivity index (χ1v) is 24.6. The molecule has 6 atom stereocenters. The quantitative estimate of drug-likeness (QED) is 0.0150. The predicted octanol–water partition coefficient (Wildman–Crippen LogP) is 9.53. The third-order valence-electron chi connectivity index (χ3n) is 9.96. The lowest BCUT2D eigenvalue weighted by atomic mass is 9.85. The predicted molar refractivity (Wildman–Crippen MR) is 248 cm³/mol. The number of ether oxygens (including phenoxy) is 2. The molecule has 1 saturated carbocycles. The number of aliphatic hydroxyl groups excluding tert-OH is 5. The van der Waals surface area contributed by atoms with Gasteiger partial charge in [-0.05, 0) is 83.5 Å². The van der Waals surface area contributed by atoms with Crippen molar-refractivity contribution in [3.63, 3.8) is 0 Å². The summed E-state index contributed by atoms with van der Waals surface area (Å²) in [6.45, 7) is 3.87. The van der Waals surface area contributed by atoms with Gasteiger partial charge in [0, 0.05) is 6.42 Å². The van der Waals surface area contributed by atoms with E-state index >= 15 is 0 Å². The first-order chi connectivity index (χ1) is 30.0. The number of esters is 1. The molecular weight excluding hydrogens is 812 g/mol. The molecule has 6 N–H and O–H groups in total. The molecule has 0 aliphatic heterocycles. The van der Waals surface area contributed by atoms with E-state index in [1.165, 1.54) is 25.7 Å². The highest BCUT2D eigenvalue weighted by molar-refractivity contribution is 7.47. The number of carbonyl (C=O) groups is 1. The van der Waals surface area contributed by atoms with E-state index in [0.29, 0.717) is 12.8 Å². The molecule has 6 unspecified atom stereocenters. The Morgan fingerprint density at radius 1 is 0.532 bits per heavy atom. The van der Waals surface area contributed by atoms with Crippen molar-refractivity contribution in [3.8, 4) is 0 Å². The van der Waals surface area contributed by atoms with Crippen LogP contribution < -0.4 is 0 Å². The molecule has 0 aromatic heterocycles. The number of carbonyl (C=O) groups excluding carboxylic acids is 1. The first-order valence-electron chi connectivity index (χ1n) is 23.1. The van der Waals surface area contributed by atoms with Gasteiger partial charge in [-0.1, -0.05) is 150 Å². The molecule has 0 radical (unpaired) electrons. The van der Waals surface area contributed by atoms with E-state index in [1.54, 1.807) is 0 Å². The Kier molecular flexibility index (Phi) is 35.7. The molecule has 0 aromatic rings. The molecule has 0 amide bonds. The molecule has 1 aliphatic rings. The molecule has 1 aliphatic carbocycles. The molecule has 354 valence electrons. The summed E-state index contributed by atoms with van der Waals surface area (Å²) in [7, 11) is -5.05. The van der Waals surface area contributed by atoms with E-state index in [4.69, 9.17) is 18.5 Å². The second-order valence-corrected chi connectivity index (χ2v) is 16.9. The number of hydrogen-bond acceptors (Lipinski definition) is 11. The SMILES string of the molecule is CC/C=C\C/C=C\C/C=C\C/C=C\C/C=C\CCOCC(COP(=O)(O)OC1C(O)C(O)C(O)C(O)C1O)OC(=O)CCCCCCCC/C=C\C/C=C\C/C=C\CCCCC. The van der Waals surface area contributed by atoms with Gasteiger partial charge in [-0.3, -0.25) is 13.8 Å². The molecule has 0 bridgehead atoms. The largest absolute Gasteiger partial charge is 0.472 e. The molecule has 12 nitrogen and oxygen atoms in total. The van der Waals surface area contributed by atoms with Crippen molar-refractivity contribution in [2.45, 2.75) is 185 Å². The maximum absolute atomic E-state index is 12.8. The van der Waals surface area contributed by atoms with E-state index in [1.807, 2.05) is 12.2 Å². The van der Waals surface area contributed by atoms with Gasteiger partial charge in [0.05, 0.1) is 19.8 Å². The topological polar surface area (TPSA) is 192 Å². The number of phosphoric ester groups is 1. The van der Waals surface area contributed by atoms with E-state index in [2.05, 4.69) is 98.9 Å². The van der Waals surface area contributed by atoms with E-state index in [9.17, 15) is 39.8 Å². The summed E-state index contributed by atoms with van der Waals surface area (Å²) in [5.74, 6) is -0.519. The maximum atomic E-state index is 12.8. The number of phosphoric acid groups is 1. The number of unbranched alkanes of at least 4 members (excludes halogenated alkanes) is 9. The number of aliphatic hydroxyl groups is 5. The monoisotopic (exact) mass is 893 g/mol. The van der Waals surface area contributed by atoms with Crippen LogP contribution in [0.4, 0.5) is 0 Å². The van der Waals surface area contributed by atoms with Crippen molar-refractivity contribution in [3.05, 3.63) is 97.2 Å². The Balaban J connectivity index is 2.47. The summed E-state index contributed by atoms with van der Waals surface area (Å²) < 4.78 is 34.0. The average molecular weight is 893 g/mol. The third kappa shape index (κ3) is 30.4. The van der Waals surface area contributed by atoms with Crippen molar-refractivity contribution in [1.29, 1.82) is 0 Å². The van der Waals surface area contributed by atoms with Crippen LogP contribution in [-0.2, 0) is 27.9 Å². The smallest absolute Gasteiger partial charge is 0.457 e. The van der Waals surface area contributed by atoms with E-state index in [-0.39, 0.29) is 19.6 Å². The van der Waals surface area contributed by atoms with Crippen molar-refractivity contribution >= 4 is 13.8 Å². The van der Waals surface area contributed by atoms with Crippen LogP contribution in [0.2, 0.25) is 0 Å². The number of hydrogen-bond donors (Lipinski definition) is 6. The lowest BCUT2D eigenvalue weighted by Gasteiger charge is -2.41. The van der Waals surface area contributed by atoms with Gasteiger partial charge in [0.25, 0.3) is 0 Å². The van der Waals surface area contributed by atoms with Gasteiger partial charge in [-0.2, -0.15) is 0 Å². The lowest BCUT2D eigenvalue weighted by molar-refractivity contribution is -0.220. The molecular formula is C49H81O12P. The van der Waals surface area contributed by atoms with Crippen molar-refractivity contribution in [2.75, 3.05) is 19.8 Å². The highest BCUT2D eigenvalue weighted by Gasteiger charge is 2.51. The molecule has 0 saturated heterocycles. The van der Waals surface area contributed by atoms with Gasteiger partial charge in [0.2, 0.25) is 0 Å². The summed E-state index contributed by atoms with van der Waals surface area (Å²) >= 11 is 0. The molecule has 13 heteroatoms. The Hall–Kier alpha value is -2.74. The minimum absolute atomic E-state index is 0.143. The van der Waals surface area contributed by atoms with Crippen LogP contribution in [0, 0.1) is 0 Å². The van der Waals surface area contributed by atoms with Crippen LogP contribution in [-0.4, -0.2) is 98.9 Å². The molecule has 1 fully saturated rings. The van der Waals surface area contributed by atoms with Gasteiger partial charge in [0.1, 0.15) is 42.7 Å². The van der Waals surface area contributed by atoms with Crippen LogP contribution in [0.3, 0.4) is 0 Å². The summed E-state index contributed by atoms with van der Waals surface area (Å²) in [4.78, 5) is 23.2. The standard InChI is InChI=1S/C49H81O12P/c1-3-5-7-9-11-13-15-17-19-21-22-23-24-26-28-30-32-34-36-38-43(50)60-42(41-59-62(56,57)61-49-47(54)45(52)44(51)46(53)48(49)55)40-58-39-37-35-33-31-29-27-25-20-18-16-14-12-10-8-6-4-2/h6,8,11-14,17-20,22-23,27,29,33,35,42,44-49,51-55H,3-5,7,9-10,15-16,21,24-26,28,30-32,34,36-41H2,1-2H3,(H,56,57)/b8-6-,13-11-,14-12-,19-17-,20-18-,23-22-,29-27-,35-33-. The number of allylic oxidation sites excluding steroid dienone is 15. The fraction of sp³-hybridized carbons (Fsp3) is 0.653. The molecule has 1 rings (SSSR count). The summed E-state index contributed by atoms with van der Waals surface area (Å²) in [6.07, 6.45) is 40.6. The van der Waals surface area contributed by atoms with Crippen LogP contribution in [0.1, 0.15) is 142 Å². The number of rotatable bonds is 37. The second-order valence-electron chi connectivity index (χ2n) is 15.5. The summed E-state index contributed by atoms with van der Waals surface area (Å²) in [5, 5.41) is 50.2. The van der Waals surface area contributed by atoms with Gasteiger partial charge >= 0.3 is 13.8 Å². The molecule has 0 aromatic carbocycles. The Labute approximate surface area is 373 Å². The Bertz CT molecular complexity index is 1390. The van der Waals surface area contributed by atoms with Crippen molar-refractivity contribution < 1.29 is 58.3 Å². The van der Waals surface area contributed by atoms with Crippen LogP contribution in [0.25, 0.3) is 0 Å². The first kappa shape index (κ1) is 57.3. The average Bonchev–Trinajstić information content (AvgIpc) is 3.26. The fourth-order valence-corrected chi connectivity index (χ4v) is 7.28. The summed E-state index contributed by atoms with van der Waals surface area (Å²) in [5.41, 5.74) is 0. The van der Waals surface area contributed by atoms with E-state index in [0.717, 1.165) is 83.5 Å². The highest BCUT2D eigenvalue weighted by atomic mass is 31.2. The van der Waals surface area contributed by atoms with Gasteiger partial charge in [-0.15, -0.1) is 0 Å². The third-order valence-corrected chi connectivity index (χ3v) is 10.9. The van der Waals surface area contributed by atoms with E-state index < -0.39 is 63.1 Å². The fourth-order valence-electron chi connectivity index (χ4n) is 6.31. The van der Waals surface area contributed by atoms with Crippen LogP contribution in [0.15, 0.2) is 97.2 Å². The van der Waals surface area contributed by atoms with Crippen molar-refractivity contribution in [1.82, 2.24) is 0 Å². The zero-order valence-corrected chi connectivity index (χ0v) is 38.5. The zero-order chi connectivity index (χ0) is 45.5. The van der Waals surface area contributed by atoms with Gasteiger partial charge < -0.3 is 39.9 Å². The maximum Gasteiger partial charge on any atom is 0.472 e. The highest BCUT2D eigenvalue weighted by Crippen LogP contribution is 2.47. The Morgan fingerprint density at radius 3 is 1.45 bits per heavy atom. The zero-order valence-electron chi connectivity index (χ0n) is 37.6. The van der Waals surface area contributed by atoms with Crippen LogP contribution >= 0.6 is 7.82 Å². The van der Waals surface area contributed by atoms with Crippen molar-refractivity contribution in [2.24, 2.45) is 0 Å². The lowest BCUT2D eigenvalue weighted by Crippen LogP contribution is -2.64. The van der Waals surface area contributed by atoms with Gasteiger partial charge in [-0.25, -0.2) is 4.57 Å². The van der Waals surface area contributed by atoms with Gasteiger partial charge in [0.15, 0.2) is 0 Å². The second kappa shape index (κ2) is 38.7. The Morgan fingerprint density at radius 2 is 0.952 bits per heavy atom. The minimum atomic E-state index is -5.05. The molecule has 0 heterocycles. The normalized spacial score (nSPS) is 22.9. The minimum Gasteiger partial charge on any atom is -0.457 e. The molecule has 62 heavy (non-hydrogen) atoms. The molecule has 0 spiro atoms. The van der Waals surface area contributed by atoms with Crippen LogP contribution in [0.5, 0.6) is 0 Å². The summed E-state index contributed by atoms with van der Waals surface area (Å²) in [6, 6.07) is 0.